The quantitative estimate of drug-likeness (QED) is 0.682. The van der Waals surface area contributed by atoms with Crippen molar-refractivity contribution in [1.29, 1.82) is 0 Å². The van der Waals surface area contributed by atoms with Crippen molar-refractivity contribution in [3.8, 4) is 11.4 Å². The van der Waals surface area contributed by atoms with E-state index in [1.165, 1.54) is 0 Å². The number of methoxy groups -OCH3 is 1. The fourth-order valence-corrected chi connectivity index (χ4v) is 4.49. The van der Waals surface area contributed by atoms with Crippen molar-refractivity contribution in [2.24, 2.45) is 0 Å². The van der Waals surface area contributed by atoms with Crippen LogP contribution in [0.2, 0.25) is 0 Å². The van der Waals surface area contributed by atoms with E-state index in [0.717, 1.165) is 5.56 Å². The Morgan fingerprint density at radius 2 is 2.04 bits per heavy atom. The Bertz CT molecular complexity index is 903. The van der Waals surface area contributed by atoms with E-state index >= 15 is 0 Å². The van der Waals surface area contributed by atoms with Crippen LogP contribution in [0.5, 0.6) is 0 Å². The molecule has 2 heterocycles. The number of anilines is 1. The standard InChI is InChI=1S/C18H22N4O4S/c1-26-9-8-19-16-11-15(18(23)20-14-7-10-27(24,25)12-14)21-17(22-16)13-5-3-2-4-6-13/h2-6,11,14H,7-10,12H2,1H3,(H,20,23)(H,19,21,22). The Hall–Kier alpha value is -2.52. The average Bonchev–Trinajstić information content (AvgIpc) is 3.01. The molecule has 0 aliphatic carbocycles. The number of nitrogens with one attached hydrogen (secondary N) is 2. The molecular weight excluding hydrogens is 368 g/mol. The molecule has 0 saturated carbocycles. The van der Waals surface area contributed by atoms with Gasteiger partial charge in [0.2, 0.25) is 0 Å². The molecular formula is C18H22N4O4S. The van der Waals surface area contributed by atoms with Gasteiger partial charge in [-0.15, -0.1) is 0 Å². The number of sulfone groups is 1. The number of amides is 1. The number of nitrogens with zero attached hydrogens (tertiary/aromatic N) is 2. The van der Waals surface area contributed by atoms with Gasteiger partial charge < -0.3 is 15.4 Å². The third kappa shape index (κ3) is 5.24. The van der Waals surface area contributed by atoms with E-state index in [2.05, 4.69) is 20.6 Å². The summed E-state index contributed by atoms with van der Waals surface area (Å²) >= 11 is 0. The van der Waals surface area contributed by atoms with Crippen LogP contribution in [0.15, 0.2) is 36.4 Å². The predicted octanol–water partition coefficient (Wildman–Crippen LogP) is 1.12. The minimum atomic E-state index is -3.07. The van der Waals surface area contributed by atoms with Crippen molar-refractivity contribution in [3.63, 3.8) is 0 Å². The maximum atomic E-state index is 12.6. The van der Waals surface area contributed by atoms with Crippen LogP contribution in [0.25, 0.3) is 11.4 Å². The number of benzene rings is 1. The molecule has 9 heteroatoms. The SMILES string of the molecule is COCCNc1cc(C(=O)NC2CCS(=O)(=O)C2)nc(-c2ccccc2)n1. The molecule has 0 bridgehead atoms. The molecule has 1 amide bonds. The van der Waals surface area contributed by atoms with Gasteiger partial charge in [-0.1, -0.05) is 30.3 Å². The van der Waals surface area contributed by atoms with Gasteiger partial charge in [-0.2, -0.15) is 0 Å². The lowest BCUT2D eigenvalue weighted by Crippen LogP contribution is -2.36. The largest absolute Gasteiger partial charge is 0.383 e. The Labute approximate surface area is 158 Å². The van der Waals surface area contributed by atoms with Crippen LogP contribution in [0.1, 0.15) is 16.9 Å². The van der Waals surface area contributed by atoms with E-state index < -0.39 is 15.7 Å². The number of carbonyl (C=O) groups excluding carboxylic acids is 1. The summed E-state index contributed by atoms with van der Waals surface area (Å²) in [7, 11) is -1.47. The van der Waals surface area contributed by atoms with E-state index in [-0.39, 0.29) is 23.2 Å². The van der Waals surface area contributed by atoms with Crippen LogP contribution in [0, 0.1) is 0 Å². The molecule has 3 rings (SSSR count). The van der Waals surface area contributed by atoms with Gasteiger partial charge in [0.15, 0.2) is 15.7 Å². The van der Waals surface area contributed by atoms with E-state index in [1.807, 2.05) is 30.3 Å². The van der Waals surface area contributed by atoms with Crippen molar-refractivity contribution < 1.29 is 17.9 Å². The fourth-order valence-electron chi connectivity index (χ4n) is 2.82. The second kappa shape index (κ2) is 8.45. The topological polar surface area (TPSA) is 110 Å². The lowest BCUT2D eigenvalue weighted by molar-refractivity contribution is 0.0936. The molecule has 1 aromatic heterocycles. The van der Waals surface area contributed by atoms with Crippen LogP contribution in [0.4, 0.5) is 5.82 Å². The predicted molar refractivity (Wildman–Crippen MR) is 102 cm³/mol. The van der Waals surface area contributed by atoms with E-state index in [9.17, 15) is 13.2 Å². The molecule has 1 saturated heterocycles. The van der Waals surface area contributed by atoms with Crippen molar-refractivity contribution in [3.05, 3.63) is 42.1 Å². The summed E-state index contributed by atoms with van der Waals surface area (Å²) in [5, 5.41) is 5.87. The van der Waals surface area contributed by atoms with Crippen LogP contribution in [-0.2, 0) is 14.6 Å². The van der Waals surface area contributed by atoms with Crippen molar-refractivity contribution in [1.82, 2.24) is 15.3 Å². The number of hydrogen-bond donors (Lipinski definition) is 2. The Morgan fingerprint density at radius 3 is 2.70 bits per heavy atom. The monoisotopic (exact) mass is 390 g/mol. The molecule has 8 nitrogen and oxygen atoms in total. The molecule has 2 aromatic rings. The summed E-state index contributed by atoms with van der Waals surface area (Å²) < 4.78 is 28.2. The number of rotatable bonds is 7. The van der Waals surface area contributed by atoms with E-state index in [0.29, 0.717) is 31.2 Å². The summed E-state index contributed by atoms with van der Waals surface area (Å²) in [6.07, 6.45) is 0.420. The first kappa shape index (κ1) is 19.2. The van der Waals surface area contributed by atoms with Gasteiger partial charge in [-0.3, -0.25) is 4.79 Å². The number of ether oxygens (including phenoxy) is 1. The molecule has 1 aliphatic heterocycles. The van der Waals surface area contributed by atoms with Crippen LogP contribution in [0.3, 0.4) is 0 Å². The summed E-state index contributed by atoms with van der Waals surface area (Å²) in [5.41, 5.74) is 0.971. The highest BCUT2D eigenvalue weighted by Crippen LogP contribution is 2.18. The fraction of sp³-hybridized carbons (Fsp3) is 0.389. The van der Waals surface area contributed by atoms with Gasteiger partial charge in [0.05, 0.1) is 18.1 Å². The van der Waals surface area contributed by atoms with Crippen molar-refractivity contribution >= 4 is 21.6 Å². The lowest BCUT2D eigenvalue weighted by Gasteiger charge is -2.13. The Kier molecular flexibility index (Phi) is 6.02. The molecule has 27 heavy (non-hydrogen) atoms. The van der Waals surface area contributed by atoms with Gasteiger partial charge in [-0.05, 0) is 6.42 Å². The highest BCUT2D eigenvalue weighted by Gasteiger charge is 2.29. The van der Waals surface area contributed by atoms with Gasteiger partial charge >= 0.3 is 0 Å². The second-order valence-electron chi connectivity index (χ2n) is 6.32. The molecule has 0 radical (unpaired) electrons. The van der Waals surface area contributed by atoms with Crippen LogP contribution in [-0.4, -0.2) is 62.1 Å². The molecule has 1 aromatic carbocycles. The smallest absolute Gasteiger partial charge is 0.270 e. The Balaban J connectivity index is 1.84. The normalized spacial score (nSPS) is 18.2. The number of hydrogen-bond acceptors (Lipinski definition) is 7. The van der Waals surface area contributed by atoms with E-state index in [4.69, 9.17) is 4.74 Å². The van der Waals surface area contributed by atoms with Crippen molar-refractivity contribution in [2.45, 2.75) is 12.5 Å². The first-order valence-electron chi connectivity index (χ1n) is 8.65. The highest BCUT2D eigenvalue weighted by atomic mass is 32.2. The molecule has 0 spiro atoms. The van der Waals surface area contributed by atoms with Crippen LogP contribution >= 0.6 is 0 Å². The molecule has 1 atom stereocenters. The zero-order valence-corrected chi connectivity index (χ0v) is 15.8. The maximum absolute atomic E-state index is 12.6. The zero-order chi connectivity index (χ0) is 19.3. The first-order valence-corrected chi connectivity index (χ1v) is 10.5. The maximum Gasteiger partial charge on any atom is 0.270 e. The number of carbonyl (C=O) groups is 1. The minimum Gasteiger partial charge on any atom is -0.383 e. The molecule has 2 N–H and O–H groups in total. The van der Waals surface area contributed by atoms with Gasteiger partial charge in [0, 0.05) is 31.3 Å². The third-order valence-electron chi connectivity index (χ3n) is 4.17. The first-order chi connectivity index (χ1) is 13.0. The van der Waals surface area contributed by atoms with Crippen molar-refractivity contribution in [2.75, 3.05) is 37.1 Å². The number of aromatic nitrogens is 2. The zero-order valence-electron chi connectivity index (χ0n) is 15.0. The average molecular weight is 390 g/mol. The Morgan fingerprint density at radius 1 is 1.26 bits per heavy atom. The van der Waals surface area contributed by atoms with E-state index in [1.54, 1.807) is 13.2 Å². The molecule has 144 valence electrons. The summed E-state index contributed by atoms with van der Waals surface area (Å²) in [4.78, 5) is 21.5. The highest BCUT2D eigenvalue weighted by molar-refractivity contribution is 7.91. The van der Waals surface area contributed by atoms with Gasteiger partial charge in [0.25, 0.3) is 5.91 Å². The third-order valence-corrected chi connectivity index (χ3v) is 5.94. The molecule has 1 unspecified atom stereocenters. The summed E-state index contributed by atoms with van der Waals surface area (Å²) in [6.45, 7) is 1.02. The molecule has 1 aliphatic rings. The van der Waals surface area contributed by atoms with Crippen LogP contribution < -0.4 is 10.6 Å². The molecule has 1 fully saturated rings. The second-order valence-corrected chi connectivity index (χ2v) is 8.55. The van der Waals surface area contributed by atoms with Gasteiger partial charge in [0.1, 0.15) is 11.5 Å². The summed E-state index contributed by atoms with van der Waals surface area (Å²) in [6, 6.07) is 10.5. The lowest BCUT2D eigenvalue weighted by atomic mass is 10.2. The van der Waals surface area contributed by atoms with Gasteiger partial charge in [-0.25, -0.2) is 18.4 Å². The minimum absolute atomic E-state index is 0.0334. The summed E-state index contributed by atoms with van der Waals surface area (Å²) in [5.74, 6) is 0.577.